The predicted molar refractivity (Wildman–Crippen MR) is 100 cm³/mol. The monoisotopic (exact) mass is 378 g/mol. The van der Waals surface area contributed by atoms with Crippen LogP contribution in [0.2, 0.25) is 0 Å². The van der Waals surface area contributed by atoms with Gasteiger partial charge in [0, 0.05) is 11.6 Å². The highest BCUT2D eigenvalue weighted by Gasteiger charge is 2.21. The first kappa shape index (κ1) is 17.5. The second-order valence-corrected chi connectivity index (χ2v) is 6.00. The Labute approximate surface area is 158 Å². The fourth-order valence-electron chi connectivity index (χ4n) is 2.87. The van der Waals surface area contributed by atoms with E-state index >= 15 is 0 Å². The number of H-pyrrole nitrogens is 1. The number of hydrogen-bond acceptors (Lipinski definition) is 3. The Morgan fingerprint density at radius 1 is 0.929 bits per heavy atom. The number of nitroso groups, excluding NO2 is 1. The molecule has 138 valence electrons. The van der Waals surface area contributed by atoms with Crippen LogP contribution in [0.25, 0.3) is 34.0 Å². The molecule has 0 aliphatic rings. The summed E-state index contributed by atoms with van der Waals surface area (Å²) in [6.07, 6.45) is 1.31. The van der Waals surface area contributed by atoms with Crippen LogP contribution < -0.4 is 5.84 Å². The number of aromatic nitrogens is 3. The molecule has 0 saturated heterocycles. The number of aromatic amines is 1. The van der Waals surface area contributed by atoms with Crippen molar-refractivity contribution in [1.29, 1.82) is 0 Å². The van der Waals surface area contributed by atoms with E-state index in [4.69, 9.17) is 5.84 Å². The van der Waals surface area contributed by atoms with E-state index < -0.39 is 11.6 Å². The Morgan fingerprint density at radius 3 is 2.25 bits per heavy atom. The highest BCUT2D eigenvalue weighted by atomic mass is 19.1. The zero-order chi connectivity index (χ0) is 19.7. The summed E-state index contributed by atoms with van der Waals surface area (Å²) in [5, 5.41) is 0. The van der Waals surface area contributed by atoms with Crippen molar-refractivity contribution in [3.8, 4) is 34.0 Å². The largest absolute Gasteiger partial charge is 0.336 e. The number of nitrogens with two attached hydrogens (primary N) is 1. The number of benzene rings is 2. The third kappa shape index (κ3) is 3.11. The quantitative estimate of drug-likeness (QED) is 0.314. The summed E-state index contributed by atoms with van der Waals surface area (Å²) in [5.41, 5.74) is 2.04. The van der Waals surface area contributed by atoms with E-state index in [0.717, 1.165) is 5.56 Å². The smallest absolute Gasteiger partial charge is 0.309 e. The molecular formula is C20H14F2N5O+. The molecule has 8 heteroatoms. The number of rotatable bonds is 4. The molecule has 2 aromatic heterocycles. The average molecular weight is 378 g/mol. The van der Waals surface area contributed by atoms with Gasteiger partial charge in [0.05, 0.1) is 27.6 Å². The van der Waals surface area contributed by atoms with E-state index in [9.17, 15) is 13.7 Å². The fourth-order valence-corrected chi connectivity index (χ4v) is 2.87. The summed E-state index contributed by atoms with van der Waals surface area (Å²) in [6, 6.07) is 15.9. The summed E-state index contributed by atoms with van der Waals surface area (Å²) in [5.74, 6) is 3.76. The number of nitrogens with zero attached hydrogens (tertiary/aromatic N) is 3. The van der Waals surface area contributed by atoms with Crippen LogP contribution in [0.4, 0.5) is 14.5 Å². The summed E-state index contributed by atoms with van der Waals surface area (Å²) < 4.78 is 28.5. The maximum absolute atomic E-state index is 14.3. The second kappa shape index (κ2) is 6.99. The molecule has 0 unspecified atom stereocenters. The zero-order valence-corrected chi connectivity index (χ0v) is 14.4. The second-order valence-electron chi connectivity index (χ2n) is 6.00. The van der Waals surface area contributed by atoms with E-state index in [-0.39, 0.29) is 21.9 Å². The molecule has 0 amide bonds. The molecule has 4 rings (SSSR count). The van der Waals surface area contributed by atoms with Gasteiger partial charge in [-0.2, -0.15) is 5.84 Å². The Bertz CT molecular complexity index is 1140. The molecule has 0 aliphatic heterocycles. The van der Waals surface area contributed by atoms with Crippen LogP contribution in [0.5, 0.6) is 0 Å². The third-order valence-corrected chi connectivity index (χ3v) is 4.21. The number of pyridine rings is 1. The maximum Gasteiger partial charge on any atom is 0.309 e. The molecule has 0 saturated carbocycles. The van der Waals surface area contributed by atoms with Crippen LogP contribution in [-0.2, 0) is 0 Å². The van der Waals surface area contributed by atoms with Crippen LogP contribution >= 0.6 is 0 Å². The first-order valence-corrected chi connectivity index (χ1v) is 8.33. The molecule has 28 heavy (non-hydrogen) atoms. The number of imidazole rings is 1. The first-order chi connectivity index (χ1) is 13.5. The van der Waals surface area contributed by atoms with E-state index in [1.807, 2.05) is 30.3 Å². The molecule has 4 aromatic rings. The number of hydrogen-bond donors (Lipinski definition) is 2. The SMILES string of the molecule is N[N+](=O)c1ccc(-c2[nH]c(-c3c(F)cccc3F)nc2-c2ccccc2)nc1. The molecule has 3 N–H and O–H groups in total. The fraction of sp³-hybridized carbons (Fsp3) is 0. The maximum atomic E-state index is 14.3. The van der Waals surface area contributed by atoms with Crippen LogP contribution in [0.15, 0.2) is 66.9 Å². The number of hydrazine groups is 1. The highest BCUT2D eigenvalue weighted by molar-refractivity contribution is 5.80. The minimum absolute atomic E-state index is 0.0413. The summed E-state index contributed by atoms with van der Waals surface area (Å²) in [6.45, 7) is 0. The van der Waals surface area contributed by atoms with Gasteiger partial charge in [-0.3, -0.25) is 0 Å². The molecule has 2 heterocycles. The lowest BCUT2D eigenvalue weighted by Crippen LogP contribution is -2.08. The Hall–Kier alpha value is -3.94. The Kier molecular flexibility index (Phi) is 4.36. The average Bonchev–Trinajstić information content (AvgIpc) is 3.13. The van der Waals surface area contributed by atoms with Gasteiger partial charge in [0.25, 0.3) is 0 Å². The minimum atomic E-state index is -0.728. The molecule has 0 aliphatic carbocycles. The Morgan fingerprint density at radius 2 is 1.64 bits per heavy atom. The lowest BCUT2D eigenvalue weighted by molar-refractivity contribution is -0.475. The van der Waals surface area contributed by atoms with Crippen LogP contribution in [0.1, 0.15) is 0 Å². The number of nitrogens with one attached hydrogen (secondary N) is 1. The van der Waals surface area contributed by atoms with Crippen molar-refractivity contribution < 1.29 is 13.6 Å². The lowest BCUT2D eigenvalue weighted by atomic mass is 10.1. The van der Waals surface area contributed by atoms with Crippen LogP contribution in [-0.4, -0.2) is 19.8 Å². The molecule has 0 radical (unpaired) electrons. The molecular weight excluding hydrogens is 364 g/mol. The molecule has 0 atom stereocenters. The van der Waals surface area contributed by atoms with Crippen molar-refractivity contribution >= 4 is 5.69 Å². The van der Waals surface area contributed by atoms with Crippen molar-refractivity contribution in [3.05, 3.63) is 83.4 Å². The van der Waals surface area contributed by atoms with Crippen molar-refractivity contribution in [2.24, 2.45) is 5.84 Å². The minimum Gasteiger partial charge on any atom is -0.336 e. The molecule has 2 aromatic carbocycles. The van der Waals surface area contributed by atoms with E-state index in [2.05, 4.69) is 15.0 Å². The van der Waals surface area contributed by atoms with Crippen molar-refractivity contribution in [2.45, 2.75) is 0 Å². The predicted octanol–water partition coefficient (Wildman–Crippen LogP) is 4.37. The van der Waals surface area contributed by atoms with Crippen LogP contribution in [0.3, 0.4) is 0 Å². The van der Waals surface area contributed by atoms with Crippen molar-refractivity contribution in [2.75, 3.05) is 0 Å². The van der Waals surface area contributed by atoms with E-state index in [1.54, 1.807) is 6.07 Å². The van der Waals surface area contributed by atoms with Gasteiger partial charge < -0.3 is 4.98 Å². The van der Waals surface area contributed by atoms with Gasteiger partial charge in [-0.1, -0.05) is 36.4 Å². The molecule has 0 spiro atoms. The van der Waals surface area contributed by atoms with Gasteiger partial charge in [-0.15, -0.1) is 0 Å². The number of halogens is 2. The van der Waals surface area contributed by atoms with Gasteiger partial charge in [0.2, 0.25) is 0 Å². The Balaban J connectivity index is 1.92. The van der Waals surface area contributed by atoms with Crippen LogP contribution in [0, 0.1) is 16.5 Å². The van der Waals surface area contributed by atoms with Gasteiger partial charge in [-0.05, 0) is 18.2 Å². The summed E-state index contributed by atoms with van der Waals surface area (Å²) in [4.78, 5) is 23.0. The summed E-state index contributed by atoms with van der Waals surface area (Å²) in [7, 11) is 0. The van der Waals surface area contributed by atoms with E-state index in [1.165, 1.54) is 30.5 Å². The van der Waals surface area contributed by atoms with E-state index in [0.29, 0.717) is 17.1 Å². The van der Waals surface area contributed by atoms with Crippen molar-refractivity contribution in [1.82, 2.24) is 15.0 Å². The zero-order valence-electron chi connectivity index (χ0n) is 14.4. The highest BCUT2D eigenvalue weighted by Crippen LogP contribution is 2.34. The topological polar surface area (TPSA) is 87.7 Å². The van der Waals surface area contributed by atoms with Gasteiger partial charge in [0.15, 0.2) is 4.87 Å². The van der Waals surface area contributed by atoms with Gasteiger partial charge in [-0.25, -0.2) is 18.7 Å². The molecule has 0 bridgehead atoms. The van der Waals surface area contributed by atoms with Crippen molar-refractivity contribution in [3.63, 3.8) is 0 Å². The third-order valence-electron chi connectivity index (χ3n) is 4.21. The summed E-state index contributed by atoms with van der Waals surface area (Å²) >= 11 is 0. The first-order valence-electron chi connectivity index (χ1n) is 8.33. The normalized spacial score (nSPS) is 10.8. The lowest BCUT2D eigenvalue weighted by Gasteiger charge is -2.02. The molecule has 6 nitrogen and oxygen atoms in total. The van der Waals surface area contributed by atoms with Gasteiger partial charge in [0.1, 0.15) is 23.7 Å². The van der Waals surface area contributed by atoms with Gasteiger partial charge >= 0.3 is 5.69 Å². The standard InChI is InChI=1S/C20H14F2N5O/c21-14-7-4-8-15(22)17(14)20-25-18(12-5-2-1-3-6-12)19(26-20)16-10-9-13(11-24-16)27(23)28/h1-11H,(H2,23,28)(H,25,26)/q+1. The molecule has 0 fully saturated rings.